The molecule has 1 atom stereocenters. The van der Waals surface area contributed by atoms with Gasteiger partial charge in [0.05, 0.1) is 5.02 Å². The fourth-order valence-corrected chi connectivity index (χ4v) is 3.02. The summed E-state index contributed by atoms with van der Waals surface area (Å²) in [4.78, 5) is 6.81. The van der Waals surface area contributed by atoms with E-state index in [2.05, 4.69) is 45.5 Å². The first-order valence-corrected chi connectivity index (χ1v) is 7.82. The molecule has 1 unspecified atom stereocenters. The van der Waals surface area contributed by atoms with Gasteiger partial charge in [-0.15, -0.1) is 0 Å². The van der Waals surface area contributed by atoms with Crippen molar-refractivity contribution in [1.29, 1.82) is 0 Å². The van der Waals surface area contributed by atoms with Crippen molar-refractivity contribution < 1.29 is 0 Å². The highest BCUT2D eigenvalue weighted by Crippen LogP contribution is 2.22. The summed E-state index contributed by atoms with van der Waals surface area (Å²) in [5.41, 5.74) is 1.37. The minimum Gasteiger partial charge on any atom is -0.365 e. The third-order valence-corrected chi connectivity index (χ3v) is 4.16. The number of hydrogen-bond donors (Lipinski definition) is 1. The SMILES string of the molecule is Clc1cccnc1NC1CCCN(Cc2ccccc2)C1. The summed E-state index contributed by atoms with van der Waals surface area (Å²) in [6.45, 7) is 3.19. The lowest BCUT2D eigenvalue weighted by Gasteiger charge is -2.33. The van der Waals surface area contributed by atoms with E-state index in [4.69, 9.17) is 11.6 Å². The monoisotopic (exact) mass is 301 g/mol. The van der Waals surface area contributed by atoms with E-state index in [9.17, 15) is 0 Å². The Labute approximate surface area is 131 Å². The van der Waals surface area contributed by atoms with Crippen LogP contribution in [0.25, 0.3) is 0 Å². The van der Waals surface area contributed by atoms with Crippen molar-refractivity contribution in [2.24, 2.45) is 0 Å². The van der Waals surface area contributed by atoms with Crippen LogP contribution in [-0.2, 0) is 6.54 Å². The van der Waals surface area contributed by atoms with Crippen LogP contribution in [-0.4, -0.2) is 29.0 Å². The number of halogens is 1. The molecule has 2 heterocycles. The van der Waals surface area contributed by atoms with E-state index in [1.54, 1.807) is 6.20 Å². The van der Waals surface area contributed by atoms with Crippen LogP contribution in [0.15, 0.2) is 48.7 Å². The highest BCUT2D eigenvalue weighted by Gasteiger charge is 2.20. The second kappa shape index (κ2) is 6.92. The van der Waals surface area contributed by atoms with Crippen LogP contribution in [0.2, 0.25) is 5.02 Å². The third-order valence-electron chi connectivity index (χ3n) is 3.85. The molecule has 3 rings (SSSR count). The summed E-state index contributed by atoms with van der Waals surface area (Å²) < 4.78 is 0. The average Bonchev–Trinajstić information content (AvgIpc) is 2.51. The second-order valence-corrected chi connectivity index (χ2v) is 5.95. The Morgan fingerprint density at radius 1 is 1.19 bits per heavy atom. The van der Waals surface area contributed by atoms with Crippen molar-refractivity contribution >= 4 is 17.4 Å². The molecule has 3 nitrogen and oxygen atoms in total. The van der Waals surface area contributed by atoms with Crippen molar-refractivity contribution in [2.75, 3.05) is 18.4 Å². The molecule has 2 aromatic rings. The number of likely N-dealkylation sites (tertiary alicyclic amines) is 1. The molecule has 1 aliphatic rings. The second-order valence-electron chi connectivity index (χ2n) is 5.54. The first-order chi connectivity index (χ1) is 10.3. The van der Waals surface area contributed by atoms with Gasteiger partial charge in [0.25, 0.3) is 0 Å². The number of pyridine rings is 1. The molecule has 0 bridgehead atoms. The van der Waals surface area contributed by atoms with Gasteiger partial charge in [-0.05, 0) is 37.1 Å². The molecule has 1 aromatic heterocycles. The molecule has 1 aromatic carbocycles. The van der Waals surface area contributed by atoms with Crippen LogP contribution in [0.3, 0.4) is 0 Å². The smallest absolute Gasteiger partial charge is 0.145 e. The maximum Gasteiger partial charge on any atom is 0.145 e. The first kappa shape index (κ1) is 14.4. The molecule has 1 saturated heterocycles. The van der Waals surface area contributed by atoms with E-state index in [1.165, 1.54) is 12.0 Å². The van der Waals surface area contributed by atoms with Gasteiger partial charge in [-0.25, -0.2) is 4.98 Å². The van der Waals surface area contributed by atoms with E-state index < -0.39 is 0 Å². The van der Waals surface area contributed by atoms with Gasteiger partial charge in [0.15, 0.2) is 0 Å². The topological polar surface area (TPSA) is 28.2 Å². The zero-order valence-electron chi connectivity index (χ0n) is 12.0. The Bertz CT molecular complexity index is 573. The van der Waals surface area contributed by atoms with E-state index in [0.717, 1.165) is 31.9 Å². The molecule has 4 heteroatoms. The first-order valence-electron chi connectivity index (χ1n) is 7.44. The molecule has 0 aliphatic carbocycles. The average molecular weight is 302 g/mol. The number of aromatic nitrogens is 1. The Morgan fingerprint density at radius 2 is 2.05 bits per heavy atom. The number of hydrogen-bond acceptors (Lipinski definition) is 3. The van der Waals surface area contributed by atoms with E-state index in [0.29, 0.717) is 11.1 Å². The molecular formula is C17H20ClN3. The zero-order valence-corrected chi connectivity index (χ0v) is 12.8. The predicted octanol–water partition coefficient (Wildman–Crippen LogP) is 3.81. The van der Waals surface area contributed by atoms with Crippen LogP contribution >= 0.6 is 11.6 Å². The molecule has 110 valence electrons. The van der Waals surface area contributed by atoms with Crippen LogP contribution in [0.5, 0.6) is 0 Å². The van der Waals surface area contributed by atoms with Crippen molar-refractivity contribution in [3.63, 3.8) is 0 Å². The molecule has 1 fully saturated rings. The Kier molecular flexibility index (Phi) is 4.73. The molecule has 0 saturated carbocycles. The van der Waals surface area contributed by atoms with Crippen molar-refractivity contribution in [3.8, 4) is 0 Å². The van der Waals surface area contributed by atoms with Gasteiger partial charge in [0.2, 0.25) is 0 Å². The molecule has 1 N–H and O–H groups in total. The predicted molar refractivity (Wildman–Crippen MR) is 87.6 cm³/mol. The summed E-state index contributed by atoms with van der Waals surface area (Å²) in [7, 11) is 0. The van der Waals surface area contributed by atoms with E-state index in [-0.39, 0.29) is 0 Å². The molecule has 0 radical (unpaired) electrons. The standard InChI is InChI=1S/C17H20ClN3/c18-16-9-4-10-19-17(16)20-15-8-5-11-21(13-15)12-14-6-2-1-3-7-14/h1-4,6-7,9-10,15H,5,8,11-13H2,(H,19,20). The van der Waals surface area contributed by atoms with Gasteiger partial charge in [-0.2, -0.15) is 0 Å². The van der Waals surface area contributed by atoms with Gasteiger partial charge >= 0.3 is 0 Å². The largest absolute Gasteiger partial charge is 0.365 e. The number of anilines is 1. The fourth-order valence-electron chi connectivity index (χ4n) is 2.84. The minimum absolute atomic E-state index is 0.412. The fraction of sp³-hybridized carbons (Fsp3) is 0.353. The lowest BCUT2D eigenvalue weighted by molar-refractivity contribution is 0.208. The Balaban J connectivity index is 1.60. The number of benzene rings is 1. The Hall–Kier alpha value is -1.58. The lowest BCUT2D eigenvalue weighted by atomic mass is 10.0. The molecule has 1 aliphatic heterocycles. The quantitative estimate of drug-likeness (QED) is 0.931. The van der Waals surface area contributed by atoms with Gasteiger partial charge in [-0.1, -0.05) is 41.9 Å². The van der Waals surface area contributed by atoms with Crippen molar-refractivity contribution in [2.45, 2.75) is 25.4 Å². The van der Waals surface area contributed by atoms with Crippen LogP contribution in [0.4, 0.5) is 5.82 Å². The zero-order chi connectivity index (χ0) is 14.5. The highest BCUT2D eigenvalue weighted by molar-refractivity contribution is 6.32. The maximum absolute atomic E-state index is 6.17. The third kappa shape index (κ3) is 3.96. The highest BCUT2D eigenvalue weighted by atomic mass is 35.5. The normalized spacial score (nSPS) is 19.4. The van der Waals surface area contributed by atoms with Crippen molar-refractivity contribution in [3.05, 3.63) is 59.2 Å². The summed E-state index contributed by atoms with van der Waals surface area (Å²) in [6, 6.07) is 14.8. The van der Waals surface area contributed by atoms with Crippen molar-refractivity contribution in [1.82, 2.24) is 9.88 Å². The summed E-state index contributed by atoms with van der Waals surface area (Å²) in [5.74, 6) is 0.797. The van der Waals surface area contributed by atoms with Crippen LogP contribution in [0, 0.1) is 0 Å². The van der Waals surface area contributed by atoms with Crippen LogP contribution < -0.4 is 5.32 Å². The number of nitrogens with zero attached hydrogens (tertiary/aromatic N) is 2. The molecular weight excluding hydrogens is 282 g/mol. The Morgan fingerprint density at radius 3 is 2.86 bits per heavy atom. The maximum atomic E-state index is 6.17. The van der Waals surface area contributed by atoms with E-state index in [1.807, 2.05) is 12.1 Å². The summed E-state index contributed by atoms with van der Waals surface area (Å²) >= 11 is 6.17. The van der Waals surface area contributed by atoms with Gasteiger partial charge in [0.1, 0.15) is 5.82 Å². The van der Waals surface area contributed by atoms with Gasteiger partial charge in [-0.3, -0.25) is 4.90 Å². The number of piperidine rings is 1. The number of rotatable bonds is 4. The minimum atomic E-state index is 0.412. The van der Waals surface area contributed by atoms with Gasteiger partial charge in [0, 0.05) is 25.3 Å². The molecule has 21 heavy (non-hydrogen) atoms. The molecule has 0 amide bonds. The summed E-state index contributed by atoms with van der Waals surface area (Å²) in [6.07, 6.45) is 4.14. The summed E-state index contributed by atoms with van der Waals surface area (Å²) in [5, 5.41) is 4.17. The van der Waals surface area contributed by atoms with Crippen LogP contribution in [0.1, 0.15) is 18.4 Å². The lowest BCUT2D eigenvalue weighted by Crippen LogP contribution is -2.41. The number of nitrogens with one attached hydrogen (secondary N) is 1. The van der Waals surface area contributed by atoms with E-state index >= 15 is 0 Å². The van der Waals surface area contributed by atoms with Gasteiger partial charge < -0.3 is 5.32 Å². The molecule has 0 spiro atoms.